The SMILES string of the molecule is CC(=O)O.CCN(CC)CCOC(=O)Cc1ccccc1Oc1ccc(Cl)cc1Cl. The molecule has 2 rings (SSSR count). The predicted octanol–water partition coefficient (Wildman–Crippen LogP) is 5.30. The van der Waals surface area contributed by atoms with Crippen molar-refractivity contribution in [2.45, 2.75) is 27.2 Å². The minimum Gasteiger partial charge on any atom is -0.481 e. The first-order chi connectivity index (χ1) is 14.3. The van der Waals surface area contributed by atoms with E-state index in [1.165, 1.54) is 0 Å². The lowest BCUT2D eigenvalue weighted by Crippen LogP contribution is -2.28. The Bertz CT molecular complexity index is 821. The number of hydrogen-bond donors (Lipinski definition) is 1. The molecule has 0 unspecified atom stereocenters. The molecule has 6 nitrogen and oxygen atoms in total. The number of benzene rings is 2. The number of aliphatic carboxylic acids is 1. The summed E-state index contributed by atoms with van der Waals surface area (Å²) in [6, 6.07) is 12.3. The molecule has 2 aromatic rings. The molecule has 0 bridgehead atoms. The highest BCUT2D eigenvalue weighted by atomic mass is 35.5. The van der Waals surface area contributed by atoms with Crippen molar-refractivity contribution in [2.75, 3.05) is 26.2 Å². The monoisotopic (exact) mass is 455 g/mol. The van der Waals surface area contributed by atoms with Gasteiger partial charge in [0.05, 0.1) is 11.4 Å². The summed E-state index contributed by atoms with van der Waals surface area (Å²) >= 11 is 12.1. The van der Waals surface area contributed by atoms with Crippen LogP contribution < -0.4 is 4.74 Å². The summed E-state index contributed by atoms with van der Waals surface area (Å²) in [6.07, 6.45) is 0.139. The molecule has 30 heavy (non-hydrogen) atoms. The van der Waals surface area contributed by atoms with Crippen LogP contribution in [-0.2, 0) is 20.7 Å². The van der Waals surface area contributed by atoms with Crippen LogP contribution in [-0.4, -0.2) is 48.2 Å². The lowest BCUT2D eigenvalue weighted by molar-refractivity contribution is -0.143. The molecule has 0 heterocycles. The zero-order valence-corrected chi connectivity index (χ0v) is 18.9. The molecule has 0 aliphatic heterocycles. The molecule has 0 amide bonds. The van der Waals surface area contributed by atoms with E-state index in [4.69, 9.17) is 42.6 Å². The van der Waals surface area contributed by atoms with Gasteiger partial charge in [-0.25, -0.2) is 0 Å². The number of halogens is 2. The molecule has 0 spiro atoms. The Morgan fingerprint density at radius 3 is 2.27 bits per heavy atom. The number of hydrogen-bond acceptors (Lipinski definition) is 5. The molecule has 164 valence electrons. The van der Waals surface area contributed by atoms with E-state index in [-0.39, 0.29) is 12.4 Å². The smallest absolute Gasteiger partial charge is 0.310 e. The summed E-state index contributed by atoms with van der Waals surface area (Å²) in [5.41, 5.74) is 0.742. The third-order valence-corrected chi connectivity index (χ3v) is 4.52. The molecule has 0 fully saturated rings. The van der Waals surface area contributed by atoms with Crippen LogP contribution in [0.4, 0.5) is 0 Å². The van der Waals surface area contributed by atoms with Gasteiger partial charge in [0.25, 0.3) is 5.97 Å². The van der Waals surface area contributed by atoms with Gasteiger partial charge in [-0.05, 0) is 37.4 Å². The number of carbonyl (C=O) groups excluding carboxylic acids is 1. The molecule has 8 heteroatoms. The van der Waals surface area contributed by atoms with Gasteiger partial charge >= 0.3 is 5.97 Å². The molecule has 0 aliphatic rings. The fraction of sp³-hybridized carbons (Fsp3) is 0.364. The third kappa shape index (κ3) is 9.96. The number of esters is 1. The highest BCUT2D eigenvalue weighted by Crippen LogP contribution is 2.33. The quantitative estimate of drug-likeness (QED) is 0.516. The Morgan fingerprint density at radius 2 is 1.67 bits per heavy atom. The van der Waals surface area contributed by atoms with Crippen molar-refractivity contribution < 1.29 is 24.2 Å². The van der Waals surface area contributed by atoms with Crippen molar-refractivity contribution in [2.24, 2.45) is 0 Å². The Labute approximate surface area is 187 Å². The Morgan fingerprint density at radius 1 is 1.03 bits per heavy atom. The van der Waals surface area contributed by atoms with Crippen LogP contribution in [0.3, 0.4) is 0 Å². The van der Waals surface area contributed by atoms with Gasteiger partial charge in [0, 0.05) is 24.1 Å². The maximum Gasteiger partial charge on any atom is 0.310 e. The fourth-order valence-electron chi connectivity index (χ4n) is 2.46. The van der Waals surface area contributed by atoms with Gasteiger partial charge in [0.15, 0.2) is 0 Å². The van der Waals surface area contributed by atoms with Crippen LogP contribution >= 0.6 is 23.2 Å². The van der Waals surface area contributed by atoms with Gasteiger partial charge in [-0.15, -0.1) is 0 Å². The average Bonchev–Trinajstić information content (AvgIpc) is 2.68. The largest absolute Gasteiger partial charge is 0.481 e. The molecular weight excluding hydrogens is 429 g/mol. The van der Waals surface area contributed by atoms with E-state index in [0.29, 0.717) is 28.2 Å². The normalized spacial score (nSPS) is 10.2. The standard InChI is InChI=1S/C20H23Cl2NO3.C2H4O2/c1-3-23(4-2)11-12-25-20(24)13-15-7-5-6-8-18(15)26-19-10-9-16(21)14-17(19)22;1-2(3)4/h5-10,14H,3-4,11-13H2,1-2H3;1H3,(H,3,4). The summed E-state index contributed by atoms with van der Waals surface area (Å²) in [5.74, 6) is -0.0637. The Hall–Kier alpha value is -2.28. The number of ether oxygens (including phenoxy) is 2. The van der Waals surface area contributed by atoms with E-state index >= 15 is 0 Å². The van der Waals surface area contributed by atoms with Gasteiger partial charge in [0.2, 0.25) is 0 Å². The number of nitrogens with zero attached hydrogens (tertiary/aromatic N) is 1. The lowest BCUT2D eigenvalue weighted by Gasteiger charge is -2.17. The molecule has 0 radical (unpaired) electrons. The lowest BCUT2D eigenvalue weighted by atomic mass is 10.1. The first-order valence-electron chi connectivity index (χ1n) is 9.55. The molecule has 0 atom stereocenters. The van der Waals surface area contributed by atoms with Crippen LogP contribution in [0.15, 0.2) is 42.5 Å². The van der Waals surface area contributed by atoms with E-state index in [1.54, 1.807) is 24.3 Å². The zero-order chi connectivity index (χ0) is 22.5. The molecule has 0 aliphatic carbocycles. The van der Waals surface area contributed by atoms with E-state index < -0.39 is 5.97 Å². The van der Waals surface area contributed by atoms with Gasteiger partial charge in [0.1, 0.15) is 18.1 Å². The Kier molecular flexibility index (Phi) is 11.9. The van der Waals surface area contributed by atoms with Crippen molar-refractivity contribution in [3.05, 3.63) is 58.1 Å². The van der Waals surface area contributed by atoms with Gasteiger partial charge in [-0.2, -0.15) is 0 Å². The molecule has 0 saturated carbocycles. The number of carboxylic acid groups (broad SMARTS) is 1. The van der Waals surface area contributed by atoms with E-state index in [1.807, 2.05) is 18.2 Å². The van der Waals surface area contributed by atoms with Crippen molar-refractivity contribution >= 4 is 35.1 Å². The van der Waals surface area contributed by atoms with Gasteiger partial charge < -0.3 is 19.5 Å². The number of carbonyl (C=O) groups is 2. The van der Waals surface area contributed by atoms with Crippen molar-refractivity contribution in [3.8, 4) is 11.5 Å². The maximum absolute atomic E-state index is 12.1. The first kappa shape index (κ1) is 25.8. The van der Waals surface area contributed by atoms with Crippen LogP contribution in [0.2, 0.25) is 10.0 Å². The highest BCUT2D eigenvalue weighted by Gasteiger charge is 2.12. The fourth-order valence-corrected chi connectivity index (χ4v) is 2.91. The molecule has 0 aromatic heterocycles. The minimum atomic E-state index is -0.833. The van der Waals surface area contributed by atoms with Crippen LogP contribution in [0.25, 0.3) is 0 Å². The molecular formula is C22H27Cl2NO5. The van der Waals surface area contributed by atoms with Crippen LogP contribution in [0, 0.1) is 0 Å². The van der Waals surface area contributed by atoms with Crippen LogP contribution in [0.5, 0.6) is 11.5 Å². The van der Waals surface area contributed by atoms with Crippen molar-refractivity contribution in [1.29, 1.82) is 0 Å². The summed E-state index contributed by atoms with van der Waals surface area (Å²) < 4.78 is 11.2. The van der Waals surface area contributed by atoms with Crippen LogP contribution in [0.1, 0.15) is 26.3 Å². The second-order valence-corrected chi connectivity index (χ2v) is 7.07. The number of carboxylic acids is 1. The number of para-hydroxylation sites is 1. The van der Waals surface area contributed by atoms with Crippen molar-refractivity contribution in [3.63, 3.8) is 0 Å². The first-order valence-corrected chi connectivity index (χ1v) is 10.3. The summed E-state index contributed by atoms with van der Waals surface area (Å²) in [6.45, 7) is 8.24. The van der Waals surface area contributed by atoms with Crippen molar-refractivity contribution in [1.82, 2.24) is 4.90 Å². The molecule has 1 N–H and O–H groups in total. The van der Waals surface area contributed by atoms with Gasteiger partial charge in [-0.3, -0.25) is 9.59 Å². The Balaban J connectivity index is 0.00000103. The molecule has 2 aromatic carbocycles. The number of likely N-dealkylation sites (N-methyl/N-ethyl adjacent to an activating group) is 1. The number of rotatable bonds is 9. The topological polar surface area (TPSA) is 76.1 Å². The maximum atomic E-state index is 12.1. The summed E-state index contributed by atoms with van der Waals surface area (Å²) in [7, 11) is 0. The van der Waals surface area contributed by atoms with E-state index in [0.717, 1.165) is 32.1 Å². The van der Waals surface area contributed by atoms with E-state index in [2.05, 4.69) is 18.7 Å². The predicted molar refractivity (Wildman–Crippen MR) is 119 cm³/mol. The minimum absolute atomic E-state index is 0.139. The second kappa shape index (κ2) is 13.9. The average molecular weight is 456 g/mol. The molecule has 0 saturated heterocycles. The second-order valence-electron chi connectivity index (χ2n) is 6.23. The zero-order valence-electron chi connectivity index (χ0n) is 17.4. The van der Waals surface area contributed by atoms with Gasteiger partial charge in [-0.1, -0.05) is 55.2 Å². The highest BCUT2D eigenvalue weighted by molar-refractivity contribution is 6.35. The third-order valence-electron chi connectivity index (χ3n) is 3.99. The summed E-state index contributed by atoms with van der Waals surface area (Å²) in [5, 5.41) is 8.36. The van der Waals surface area contributed by atoms with E-state index in [9.17, 15) is 4.79 Å². The summed E-state index contributed by atoms with van der Waals surface area (Å²) in [4.78, 5) is 23.3.